The third-order valence-corrected chi connectivity index (χ3v) is 4.13. The van der Waals surface area contributed by atoms with Crippen molar-refractivity contribution in [2.75, 3.05) is 11.9 Å². The van der Waals surface area contributed by atoms with Crippen molar-refractivity contribution >= 4 is 5.69 Å². The van der Waals surface area contributed by atoms with Gasteiger partial charge in [0.05, 0.1) is 12.3 Å². The van der Waals surface area contributed by atoms with Crippen molar-refractivity contribution in [2.45, 2.75) is 58.9 Å². The molecule has 0 bridgehead atoms. The SMILES string of the molecule is CCOc1ccccc1NC1CCCC(CC(C)C)C1. The Bertz CT molecular complexity index is 402. The standard InChI is InChI=1S/C18H29NO/c1-4-20-18-11-6-5-10-17(18)19-16-9-7-8-15(13-16)12-14(2)3/h5-6,10-11,14-16,19H,4,7-9,12-13H2,1-3H3. The lowest BCUT2D eigenvalue weighted by Crippen LogP contribution is -2.28. The molecule has 2 heteroatoms. The second kappa shape index (κ2) is 7.56. The summed E-state index contributed by atoms with van der Waals surface area (Å²) in [7, 11) is 0. The molecule has 2 unspecified atom stereocenters. The predicted octanol–water partition coefficient (Wildman–Crippen LogP) is 5.10. The molecule has 0 amide bonds. The number of rotatable bonds is 6. The van der Waals surface area contributed by atoms with E-state index in [1.165, 1.54) is 32.1 Å². The normalized spacial score (nSPS) is 22.8. The van der Waals surface area contributed by atoms with Crippen LogP contribution in [0.4, 0.5) is 5.69 Å². The maximum atomic E-state index is 5.71. The molecule has 0 spiro atoms. The fourth-order valence-corrected chi connectivity index (χ4v) is 3.39. The summed E-state index contributed by atoms with van der Waals surface area (Å²) in [6.07, 6.45) is 6.72. The lowest BCUT2D eigenvalue weighted by Gasteiger charge is -2.31. The van der Waals surface area contributed by atoms with Crippen LogP contribution in [0, 0.1) is 11.8 Å². The molecule has 1 aromatic rings. The molecule has 2 rings (SSSR count). The van der Waals surface area contributed by atoms with E-state index in [0.29, 0.717) is 6.04 Å². The molecule has 1 saturated carbocycles. The van der Waals surface area contributed by atoms with E-state index in [1.807, 2.05) is 13.0 Å². The molecule has 1 fully saturated rings. The Balaban J connectivity index is 1.95. The summed E-state index contributed by atoms with van der Waals surface area (Å²) in [5, 5.41) is 3.71. The van der Waals surface area contributed by atoms with Crippen LogP contribution < -0.4 is 10.1 Å². The van der Waals surface area contributed by atoms with Crippen LogP contribution in [0.2, 0.25) is 0 Å². The molecular weight excluding hydrogens is 246 g/mol. The molecule has 0 saturated heterocycles. The monoisotopic (exact) mass is 275 g/mol. The Hall–Kier alpha value is -1.18. The van der Waals surface area contributed by atoms with Gasteiger partial charge in [0.2, 0.25) is 0 Å². The summed E-state index contributed by atoms with van der Waals surface area (Å²) in [6, 6.07) is 8.92. The molecule has 0 aliphatic heterocycles. The zero-order valence-electron chi connectivity index (χ0n) is 13.2. The number of anilines is 1. The van der Waals surface area contributed by atoms with Crippen molar-refractivity contribution < 1.29 is 4.74 Å². The van der Waals surface area contributed by atoms with Crippen LogP contribution in [-0.4, -0.2) is 12.6 Å². The zero-order valence-corrected chi connectivity index (χ0v) is 13.2. The largest absolute Gasteiger partial charge is 0.492 e. The molecule has 0 heterocycles. The van der Waals surface area contributed by atoms with Crippen molar-refractivity contribution in [3.63, 3.8) is 0 Å². The summed E-state index contributed by atoms with van der Waals surface area (Å²) in [6.45, 7) is 7.43. The van der Waals surface area contributed by atoms with E-state index in [0.717, 1.165) is 29.9 Å². The second-order valence-electron chi connectivity index (χ2n) is 6.43. The van der Waals surface area contributed by atoms with Crippen LogP contribution in [0.1, 0.15) is 52.9 Å². The van der Waals surface area contributed by atoms with Crippen molar-refractivity contribution in [1.29, 1.82) is 0 Å². The van der Waals surface area contributed by atoms with Crippen LogP contribution in [0.25, 0.3) is 0 Å². The zero-order chi connectivity index (χ0) is 14.4. The molecule has 1 aliphatic carbocycles. The van der Waals surface area contributed by atoms with Gasteiger partial charge in [0, 0.05) is 6.04 Å². The van der Waals surface area contributed by atoms with Gasteiger partial charge in [-0.3, -0.25) is 0 Å². The first kappa shape index (κ1) is 15.2. The average Bonchev–Trinajstić information content (AvgIpc) is 2.41. The molecule has 1 aromatic carbocycles. The number of nitrogens with one attached hydrogen (secondary N) is 1. The van der Waals surface area contributed by atoms with E-state index in [-0.39, 0.29) is 0 Å². The van der Waals surface area contributed by atoms with Crippen LogP contribution in [0.5, 0.6) is 5.75 Å². The number of benzene rings is 1. The highest BCUT2D eigenvalue weighted by Gasteiger charge is 2.23. The highest BCUT2D eigenvalue weighted by molar-refractivity contribution is 5.56. The van der Waals surface area contributed by atoms with Gasteiger partial charge in [0.15, 0.2) is 0 Å². The van der Waals surface area contributed by atoms with Crippen molar-refractivity contribution in [3.8, 4) is 5.75 Å². The maximum absolute atomic E-state index is 5.71. The van der Waals surface area contributed by atoms with Crippen LogP contribution >= 0.6 is 0 Å². The summed E-state index contributed by atoms with van der Waals surface area (Å²) in [5.74, 6) is 2.69. The second-order valence-corrected chi connectivity index (χ2v) is 6.43. The minimum atomic E-state index is 0.606. The smallest absolute Gasteiger partial charge is 0.142 e. The van der Waals surface area contributed by atoms with Gasteiger partial charge in [0.1, 0.15) is 5.75 Å². The summed E-state index contributed by atoms with van der Waals surface area (Å²) >= 11 is 0. The van der Waals surface area contributed by atoms with Gasteiger partial charge in [0.25, 0.3) is 0 Å². The molecule has 0 radical (unpaired) electrons. The first-order valence-electron chi connectivity index (χ1n) is 8.17. The van der Waals surface area contributed by atoms with E-state index in [4.69, 9.17) is 4.74 Å². The summed E-state index contributed by atoms with van der Waals surface area (Å²) in [5.41, 5.74) is 1.16. The van der Waals surface area contributed by atoms with Crippen LogP contribution in [-0.2, 0) is 0 Å². The highest BCUT2D eigenvalue weighted by Crippen LogP contribution is 2.33. The molecule has 1 N–H and O–H groups in total. The van der Waals surface area contributed by atoms with E-state index in [1.54, 1.807) is 0 Å². The van der Waals surface area contributed by atoms with Gasteiger partial charge < -0.3 is 10.1 Å². The van der Waals surface area contributed by atoms with Gasteiger partial charge >= 0.3 is 0 Å². The number of para-hydroxylation sites is 2. The quantitative estimate of drug-likeness (QED) is 0.779. The minimum absolute atomic E-state index is 0.606. The lowest BCUT2D eigenvalue weighted by molar-refractivity contribution is 0.288. The number of hydrogen-bond donors (Lipinski definition) is 1. The Morgan fingerprint density at radius 3 is 2.80 bits per heavy atom. The van der Waals surface area contributed by atoms with Crippen molar-refractivity contribution in [1.82, 2.24) is 0 Å². The molecule has 1 aliphatic rings. The Morgan fingerprint density at radius 2 is 2.05 bits per heavy atom. The topological polar surface area (TPSA) is 21.3 Å². The van der Waals surface area contributed by atoms with E-state index >= 15 is 0 Å². The van der Waals surface area contributed by atoms with Gasteiger partial charge in [-0.2, -0.15) is 0 Å². The van der Waals surface area contributed by atoms with E-state index in [9.17, 15) is 0 Å². The van der Waals surface area contributed by atoms with Gasteiger partial charge in [-0.15, -0.1) is 0 Å². The van der Waals surface area contributed by atoms with Gasteiger partial charge in [-0.05, 0) is 50.2 Å². The average molecular weight is 275 g/mol. The first-order valence-corrected chi connectivity index (χ1v) is 8.17. The summed E-state index contributed by atoms with van der Waals surface area (Å²) < 4.78 is 5.71. The third kappa shape index (κ3) is 4.43. The van der Waals surface area contributed by atoms with Crippen LogP contribution in [0.3, 0.4) is 0 Å². The van der Waals surface area contributed by atoms with Crippen LogP contribution in [0.15, 0.2) is 24.3 Å². The molecule has 112 valence electrons. The lowest BCUT2D eigenvalue weighted by atomic mass is 9.81. The van der Waals surface area contributed by atoms with Gasteiger partial charge in [-0.25, -0.2) is 0 Å². The third-order valence-electron chi connectivity index (χ3n) is 4.13. The fourth-order valence-electron chi connectivity index (χ4n) is 3.39. The molecular formula is C18H29NO. The van der Waals surface area contributed by atoms with E-state index < -0.39 is 0 Å². The summed E-state index contributed by atoms with van der Waals surface area (Å²) in [4.78, 5) is 0. The highest BCUT2D eigenvalue weighted by atomic mass is 16.5. The van der Waals surface area contributed by atoms with Crippen molar-refractivity contribution in [3.05, 3.63) is 24.3 Å². The Morgan fingerprint density at radius 1 is 1.25 bits per heavy atom. The predicted molar refractivity (Wildman–Crippen MR) is 86.4 cm³/mol. The number of ether oxygens (including phenoxy) is 1. The molecule has 20 heavy (non-hydrogen) atoms. The fraction of sp³-hybridized carbons (Fsp3) is 0.667. The Labute approximate surface area is 123 Å². The molecule has 2 atom stereocenters. The Kier molecular flexibility index (Phi) is 5.75. The van der Waals surface area contributed by atoms with E-state index in [2.05, 4.69) is 37.4 Å². The minimum Gasteiger partial charge on any atom is -0.492 e. The first-order chi connectivity index (χ1) is 9.69. The number of hydrogen-bond acceptors (Lipinski definition) is 2. The maximum Gasteiger partial charge on any atom is 0.142 e. The van der Waals surface area contributed by atoms with Gasteiger partial charge in [-0.1, -0.05) is 38.8 Å². The van der Waals surface area contributed by atoms with Crippen molar-refractivity contribution in [2.24, 2.45) is 11.8 Å². The molecule has 2 nitrogen and oxygen atoms in total. The molecule has 0 aromatic heterocycles.